The van der Waals surface area contributed by atoms with Crippen LogP contribution in [0.25, 0.3) is 0 Å². The van der Waals surface area contributed by atoms with Gasteiger partial charge in [-0.1, -0.05) is 13.8 Å². The van der Waals surface area contributed by atoms with Crippen LogP contribution >= 0.6 is 0 Å². The van der Waals surface area contributed by atoms with Crippen molar-refractivity contribution in [3.8, 4) is 0 Å². The van der Waals surface area contributed by atoms with Crippen molar-refractivity contribution in [2.75, 3.05) is 26.2 Å². The Balaban J connectivity index is 1.81. The van der Waals surface area contributed by atoms with Crippen LogP contribution in [0.5, 0.6) is 0 Å². The number of imidazole rings is 1. The summed E-state index contributed by atoms with van der Waals surface area (Å²) in [6.45, 7) is 9.69. The molecular weight excluding hydrogens is 290 g/mol. The second-order valence-electron chi connectivity index (χ2n) is 6.12. The number of aromatic amines is 1. The van der Waals surface area contributed by atoms with Gasteiger partial charge in [0.05, 0.1) is 6.54 Å². The first kappa shape index (κ1) is 15.8. The Morgan fingerprint density at radius 2 is 2.22 bits per heavy atom. The third kappa shape index (κ3) is 3.47. The van der Waals surface area contributed by atoms with Crippen LogP contribution in [0.15, 0.2) is 30.7 Å². The number of hydrogen-bond donors (Lipinski definition) is 1. The van der Waals surface area contributed by atoms with Crippen molar-refractivity contribution in [3.05, 3.63) is 42.2 Å². The quantitative estimate of drug-likeness (QED) is 0.916. The van der Waals surface area contributed by atoms with E-state index in [1.807, 2.05) is 29.4 Å². The Labute approximate surface area is 137 Å². The van der Waals surface area contributed by atoms with Crippen LogP contribution in [0.2, 0.25) is 0 Å². The number of carbonyl (C=O) groups is 1. The van der Waals surface area contributed by atoms with Crippen LogP contribution in [0.4, 0.5) is 0 Å². The van der Waals surface area contributed by atoms with Gasteiger partial charge in [-0.2, -0.15) is 0 Å². The average molecular weight is 315 g/mol. The minimum atomic E-state index is 0.0518. The highest BCUT2D eigenvalue weighted by Crippen LogP contribution is 2.18. The molecule has 3 rings (SSSR count). The molecule has 3 heterocycles. The molecule has 0 saturated carbocycles. The van der Waals surface area contributed by atoms with E-state index in [4.69, 9.17) is 0 Å². The first-order valence-corrected chi connectivity index (χ1v) is 8.36. The number of carbonyl (C=O) groups excluding carboxylic acids is 1. The molecule has 1 amide bonds. The van der Waals surface area contributed by atoms with Gasteiger partial charge in [0.1, 0.15) is 11.5 Å². The summed E-state index contributed by atoms with van der Waals surface area (Å²) in [5, 5.41) is 0. The molecule has 1 N–H and O–H groups in total. The van der Waals surface area contributed by atoms with Crippen LogP contribution in [-0.2, 0) is 13.1 Å². The number of amides is 1. The molecule has 0 fully saturated rings. The molecule has 6 heteroatoms. The molecule has 0 saturated heterocycles. The van der Waals surface area contributed by atoms with Gasteiger partial charge in [0, 0.05) is 44.1 Å². The molecule has 1 aliphatic rings. The lowest BCUT2D eigenvalue weighted by molar-refractivity contribution is 0.0699. The molecule has 1 atom stereocenters. The monoisotopic (exact) mass is 315 g/mol. The Kier molecular flexibility index (Phi) is 4.81. The standard InChI is InChI=1S/C17H25N5O/c1-3-20(4-2)10-14-11-21-9-8-19-16(21)13-22(12-14)17(23)15-6-5-7-18-15/h5-9,14,18H,3-4,10-13H2,1-2H3/t14-/m0/s1. The Morgan fingerprint density at radius 3 is 2.91 bits per heavy atom. The molecule has 2 aromatic heterocycles. The first-order chi connectivity index (χ1) is 11.2. The van der Waals surface area contributed by atoms with Crippen LogP contribution in [0, 0.1) is 5.92 Å². The zero-order valence-corrected chi connectivity index (χ0v) is 13.9. The molecule has 0 bridgehead atoms. The fourth-order valence-electron chi connectivity index (χ4n) is 3.29. The molecule has 2 aromatic rings. The van der Waals surface area contributed by atoms with E-state index in [0.29, 0.717) is 18.2 Å². The lowest BCUT2D eigenvalue weighted by Crippen LogP contribution is -2.39. The molecular formula is C17H25N5O. The number of nitrogens with zero attached hydrogens (tertiary/aromatic N) is 4. The summed E-state index contributed by atoms with van der Waals surface area (Å²) in [6.07, 6.45) is 5.64. The molecule has 1 aliphatic heterocycles. The van der Waals surface area contributed by atoms with Gasteiger partial charge < -0.3 is 19.4 Å². The molecule has 0 radical (unpaired) electrons. The van der Waals surface area contributed by atoms with Gasteiger partial charge in [-0.15, -0.1) is 0 Å². The highest BCUT2D eigenvalue weighted by molar-refractivity contribution is 5.92. The van der Waals surface area contributed by atoms with Gasteiger partial charge in [0.15, 0.2) is 0 Å². The number of aromatic nitrogens is 3. The van der Waals surface area contributed by atoms with E-state index in [2.05, 4.69) is 33.3 Å². The van der Waals surface area contributed by atoms with Crippen molar-refractivity contribution >= 4 is 5.91 Å². The summed E-state index contributed by atoms with van der Waals surface area (Å²) >= 11 is 0. The van der Waals surface area contributed by atoms with Crippen molar-refractivity contribution in [1.82, 2.24) is 24.3 Å². The second-order valence-corrected chi connectivity index (χ2v) is 6.12. The van der Waals surface area contributed by atoms with E-state index < -0.39 is 0 Å². The number of H-pyrrole nitrogens is 1. The minimum absolute atomic E-state index is 0.0518. The molecule has 23 heavy (non-hydrogen) atoms. The maximum atomic E-state index is 12.8. The molecule has 0 aromatic carbocycles. The van der Waals surface area contributed by atoms with E-state index in [1.165, 1.54) is 0 Å². The normalized spacial score (nSPS) is 18.0. The maximum Gasteiger partial charge on any atom is 0.270 e. The van der Waals surface area contributed by atoms with Crippen LogP contribution in [0.3, 0.4) is 0 Å². The van der Waals surface area contributed by atoms with E-state index in [1.54, 1.807) is 6.20 Å². The molecule has 6 nitrogen and oxygen atoms in total. The van der Waals surface area contributed by atoms with Crippen molar-refractivity contribution in [3.63, 3.8) is 0 Å². The summed E-state index contributed by atoms with van der Waals surface area (Å²) < 4.78 is 2.19. The zero-order valence-electron chi connectivity index (χ0n) is 13.9. The maximum absolute atomic E-state index is 12.8. The van der Waals surface area contributed by atoms with Gasteiger partial charge >= 0.3 is 0 Å². The SMILES string of the molecule is CCN(CC)C[C@@H]1CN(C(=O)c2ccc[nH]2)Cc2nccn2C1. The van der Waals surface area contributed by atoms with E-state index in [0.717, 1.165) is 38.5 Å². The molecule has 124 valence electrons. The van der Waals surface area contributed by atoms with E-state index in [9.17, 15) is 4.79 Å². The van der Waals surface area contributed by atoms with Crippen molar-refractivity contribution < 1.29 is 4.79 Å². The van der Waals surface area contributed by atoms with Gasteiger partial charge in [0.2, 0.25) is 0 Å². The molecule has 0 unspecified atom stereocenters. The predicted octanol–water partition coefficient (Wildman–Crippen LogP) is 1.83. The lowest BCUT2D eigenvalue weighted by Gasteiger charge is -2.28. The Morgan fingerprint density at radius 1 is 1.39 bits per heavy atom. The lowest BCUT2D eigenvalue weighted by atomic mass is 10.1. The third-order valence-electron chi connectivity index (χ3n) is 4.59. The summed E-state index contributed by atoms with van der Waals surface area (Å²) in [5.41, 5.74) is 0.645. The first-order valence-electron chi connectivity index (χ1n) is 8.36. The third-order valence-corrected chi connectivity index (χ3v) is 4.59. The van der Waals surface area contributed by atoms with E-state index in [-0.39, 0.29) is 5.91 Å². The Hall–Kier alpha value is -2.08. The smallest absolute Gasteiger partial charge is 0.270 e. The minimum Gasteiger partial charge on any atom is -0.357 e. The fourth-order valence-corrected chi connectivity index (χ4v) is 3.29. The topological polar surface area (TPSA) is 57.2 Å². The number of nitrogens with one attached hydrogen (secondary N) is 1. The highest BCUT2D eigenvalue weighted by atomic mass is 16.2. The van der Waals surface area contributed by atoms with Crippen molar-refractivity contribution in [2.24, 2.45) is 5.92 Å². The largest absolute Gasteiger partial charge is 0.357 e. The summed E-state index contributed by atoms with van der Waals surface area (Å²) in [6, 6.07) is 3.69. The fraction of sp³-hybridized carbons (Fsp3) is 0.529. The average Bonchev–Trinajstić information content (AvgIpc) is 3.21. The summed E-state index contributed by atoms with van der Waals surface area (Å²) in [5.74, 6) is 1.42. The summed E-state index contributed by atoms with van der Waals surface area (Å²) in [4.78, 5) is 24.6. The summed E-state index contributed by atoms with van der Waals surface area (Å²) in [7, 11) is 0. The van der Waals surface area contributed by atoms with Crippen molar-refractivity contribution in [1.29, 1.82) is 0 Å². The van der Waals surface area contributed by atoms with Crippen LogP contribution < -0.4 is 0 Å². The zero-order chi connectivity index (χ0) is 16.2. The number of rotatable bonds is 5. The number of fused-ring (bicyclic) bond motifs is 1. The second kappa shape index (κ2) is 7.00. The van der Waals surface area contributed by atoms with Crippen LogP contribution in [-0.4, -0.2) is 56.4 Å². The van der Waals surface area contributed by atoms with Gasteiger partial charge in [0.25, 0.3) is 5.91 Å². The molecule has 0 aliphatic carbocycles. The Bertz CT molecular complexity index is 629. The van der Waals surface area contributed by atoms with Gasteiger partial charge in [-0.25, -0.2) is 4.98 Å². The van der Waals surface area contributed by atoms with Crippen LogP contribution in [0.1, 0.15) is 30.2 Å². The van der Waals surface area contributed by atoms with Crippen molar-refractivity contribution in [2.45, 2.75) is 26.9 Å². The highest BCUT2D eigenvalue weighted by Gasteiger charge is 2.27. The van der Waals surface area contributed by atoms with Gasteiger partial charge in [-0.3, -0.25) is 4.79 Å². The predicted molar refractivity (Wildman–Crippen MR) is 89.0 cm³/mol. The number of hydrogen-bond acceptors (Lipinski definition) is 3. The molecule has 0 spiro atoms. The van der Waals surface area contributed by atoms with E-state index >= 15 is 0 Å². The van der Waals surface area contributed by atoms with Gasteiger partial charge in [-0.05, 0) is 25.2 Å².